The normalized spacial score (nSPS) is 11.6. The third-order valence-electron chi connectivity index (χ3n) is 3.08. The molecule has 0 heterocycles. The second kappa shape index (κ2) is 7.54. The highest BCUT2D eigenvalue weighted by molar-refractivity contribution is 5.35. The standard InChI is InChI=1S/C17H29NO/c1-14-9-10-15(2)16(13-14)19-12-8-6-7-11-18-17(3,4)5/h9-10,13,18H,6-8,11-12H2,1-5H3. The Labute approximate surface area is 118 Å². The SMILES string of the molecule is Cc1ccc(C)c(OCCCCCNC(C)(C)C)c1. The average Bonchev–Trinajstić information content (AvgIpc) is 2.31. The molecule has 1 aromatic rings. The molecule has 0 spiro atoms. The number of unbranched alkanes of at least 4 members (excludes halogenated alkanes) is 2. The van der Waals surface area contributed by atoms with Crippen LogP contribution < -0.4 is 10.1 Å². The molecule has 1 N–H and O–H groups in total. The van der Waals surface area contributed by atoms with Crippen molar-refractivity contribution in [3.8, 4) is 5.75 Å². The lowest BCUT2D eigenvalue weighted by molar-refractivity contribution is 0.301. The van der Waals surface area contributed by atoms with E-state index in [-0.39, 0.29) is 5.54 Å². The molecule has 0 aliphatic heterocycles. The molecule has 19 heavy (non-hydrogen) atoms. The van der Waals surface area contributed by atoms with Crippen LogP contribution in [0.3, 0.4) is 0 Å². The molecular weight excluding hydrogens is 234 g/mol. The molecule has 0 aromatic heterocycles. The van der Waals surface area contributed by atoms with Crippen molar-refractivity contribution >= 4 is 0 Å². The summed E-state index contributed by atoms with van der Waals surface area (Å²) in [5.41, 5.74) is 2.71. The molecule has 2 heteroatoms. The maximum Gasteiger partial charge on any atom is 0.122 e. The molecule has 0 aliphatic rings. The molecule has 0 unspecified atom stereocenters. The summed E-state index contributed by atoms with van der Waals surface area (Å²) < 4.78 is 5.84. The van der Waals surface area contributed by atoms with Gasteiger partial charge in [0, 0.05) is 5.54 Å². The number of benzene rings is 1. The average molecular weight is 263 g/mol. The van der Waals surface area contributed by atoms with Crippen molar-refractivity contribution in [3.05, 3.63) is 29.3 Å². The molecular formula is C17H29NO. The Kier molecular flexibility index (Phi) is 6.36. The molecule has 0 fully saturated rings. The number of hydrogen-bond acceptors (Lipinski definition) is 2. The first kappa shape index (κ1) is 16.0. The largest absolute Gasteiger partial charge is 0.493 e. The highest BCUT2D eigenvalue weighted by Crippen LogP contribution is 2.19. The highest BCUT2D eigenvalue weighted by atomic mass is 16.5. The molecule has 0 saturated carbocycles. The maximum atomic E-state index is 5.84. The fourth-order valence-corrected chi connectivity index (χ4v) is 1.91. The first-order valence-corrected chi connectivity index (χ1v) is 7.33. The van der Waals surface area contributed by atoms with Crippen LogP contribution in [0.25, 0.3) is 0 Å². The van der Waals surface area contributed by atoms with E-state index in [2.05, 4.69) is 58.1 Å². The van der Waals surface area contributed by atoms with E-state index in [9.17, 15) is 0 Å². The Bertz CT molecular complexity index is 379. The molecule has 0 atom stereocenters. The van der Waals surface area contributed by atoms with Gasteiger partial charge in [0.2, 0.25) is 0 Å². The Morgan fingerprint density at radius 1 is 1.05 bits per heavy atom. The van der Waals surface area contributed by atoms with Crippen molar-refractivity contribution in [2.75, 3.05) is 13.2 Å². The van der Waals surface area contributed by atoms with Crippen molar-refractivity contribution in [1.82, 2.24) is 5.32 Å². The zero-order chi connectivity index (χ0) is 14.3. The zero-order valence-corrected chi connectivity index (χ0v) is 13.2. The summed E-state index contributed by atoms with van der Waals surface area (Å²) >= 11 is 0. The molecule has 1 aromatic carbocycles. The third-order valence-corrected chi connectivity index (χ3v) is 3.08. The molecule has 0 bridgehead atoms. The number of nitrogens with one attached hydrogen (secondary N) is 1. The van der Waals surface area contributed by atoms with Crippen LogP contribution in [-0.2, 0) is 0 Å². The molecule has 108 valence electrons. The van der Waals surface area contributed by atoms with E-state index >= 15 is 0 Å². The summed E-state index contributed by atoms with van der Waals surface area (Å²) in [7, 11) is 0. The number of rotatable bonds is 7. The van der Waals surface area contributed by atoms with Gasteiger partial charge in [-0.1, -0.05) is 12.1 Å². The first-order valence-electron chi connectivity index (χ1n) is 7.33. The molecule has 0 amide bonds. The van der Waals surface area contributed by atoms with Crippen molar-refractivity contribution in [2.45, 2.75) is 59.4 Å². The lowest BCUT2D eigenvalue weighted by Crippen LogP contribution is -2.36. The van der Waals surface area contributed by atoms with E-state index in [0.717, 1.165) is 25.3 Å². The summed E-state index contributed by atoms with van der Waals surface area (Å²) in [5, 5.41) is 3.51. The topological polar surface area (TPSA) is 21.3 Å². The van der Waals surface area contributed by atoms with E-state index in [1.165, 1.54) is 24.0 Å². The van der Waals surface area contributed by atoms with Crippen molar-refractivity contribution in [2.24, 2.45) is 0 Å². The Hall–Kier alpha value is -1.02. The van der Waals surface area contributed by atoms with Gasteiger partial charge in [0.1, 0.15) is 5.75 Å². The third kappa shape index (κ3) is 7.22. The molecule has 1 rings (SSSR count). The van der Waals surface area contributed by atoms with Gasteiger partial charge < -0.3 is 10.1 Å². The van der Waals surface area contributed by atoms with Gasteiger partial charge in [0.05, 0.1) is 6.61 Å². The van der Waals surface area contributed by atoms with Crippen LogP contribution >= 0.6 is 0 Å². The van der Waals surface area contributed by atoms with E-state index in [1.807, 2.05) is 0 Å². The fourth-order valence-electron chi connectivity index (χ4n) is 1.91. The van der Waals surface area contributed by atoms with Gasteiger partial charge >= 0.3 is 0 Å². The van der Waals surface area contributed by atoms with Gasteiger partial charge in [-0.05, 0) is 77.6 Å². The summed E-state index contributed by atoms with van der Waals surface area (Å²) in [5.74, 6) is 1.04. The van der Waals surface area contributed by atoms with E-state index in [4.69, 9.17) is 4.74 Å². The van der Waals surface area contributed by atoms with Crippen LogP contribution in [0.15, 0.2) is 18.2 Å². The Morgan fingerprint density at radius 2 is 1.79 bits per heavy atom. The summed E-state index contributed by atoms with van der Waals surface area (Å²) in [6.07, 6.45) is 3.56. The Balaban J connectivity index is 2.12. The second-order valence-corrected chi connectivity index (χ2v) is 6.35. The van der Waals surface area contributed by atoms with Gasteiger partial charge in [-0.2, -0.15) is 0 Å². The number of aryl methyl sites for hydroxylation is 2. The quantitative estimate of drug-likeness (QED) is 0.743. The number of hydrogen-bond donors (Lipinski definition) is 1. The molecule has 2 nitrogen and oxygen atoms in total. The first-order chi connectivity index (χ1) is 8.88. The fraction of sp³-hybridized carbons (Fsp3) is 0.647. The van der Waals surface area contributed by atoms with Crippen LogP contribution in [-0.4, -0.2) is 18.7 Å². The summed E-state index contributed by atoms with van der Waals surface area (Å²) in [6.45, 7) is 12.7. The molecule has 0 saturated heterocycles. The predicted molar refractivity (Wildman–Crippen MR) is 83.0 cm³/mol. The van der Waals surface area contributed by atoms with Gasteiger partial charge in [-0.15, -0.1) is 0 Å². The van der Waals surface area contributed by atoms with E-state index < -0.39 is 0 Å². The highest BCUT2D eigenvalue weighted by Gasteiger charge is 2.06. The summed E-state index contributed by atoms with van der Waals surface area (Å²) in [4.78, 5) is 0. The molecule has 0 aliphatic carbocycles. The predicted octanol–water partition coefficient (Wildman–Crippen LogP) is 4.24. The van der Waals surface area contributed by atoms with Crippen LogP contribution in [0.5, 0.6) is 5.75 Å². The van der Waals surface area contributed by atoms with Gasteiger partial charge in [-0.3, -0.25) is 0 Å². The Morgan fingerprint density at radius 3 is 2.47 bits per heavy atom. The van der Waals surface area contributed by atoms with Crippen molar-refractivity contribution < 1.29 is 4.74 Å². The zero-order valence-electron chi connectivity index (χ0n) is 13.2. The minimum absolute atomic E-state index is 0.231. The van der Waals surface area contributed by atoms with E-state index in [0.29, 0.717) is 0 Å². The minimum Gasteiger partial charge on any atom is -0.493 e. The van der Waals surface area contributed by atoms with Crippen molar-refractivity contribution in [3.63, 3.8) is 0 Å². The minimum atomic E-state index is 0.231. The second-order valence-electron chi connectivity index (χ2n) is 6.35. The van der Waals surface area contributed by atoms with Gasteiger partial charge in [0.15, 0.2) is 0 Å². The molecule has 0 radical (unpaired) electrons. The van der Waals surface area contributed by atoms with Crippen LogP contribution in [0.2, 0.25) is 0 Å². The van der Waals surface area contributed by atoms with Crippen LogP contribution in [0.1, 0.15) is 51.2 Å². The van der Waals surface area contributed by atoms with Crippen LogP contribution in [0, 0.1) is 13.8 Å². The van der Waals surface area contributed by atoms with Gasteiger partial charge in [0.25, 0.3) is 0 Å². The van der Waals surface area contributed by atoms with Crippen molar-refractivity contribution in [1.29, 1.82) is 0 Å². The lowest BCUT2D eigenvalue weighted by Gasteiger charge is -2.20. The van der Waals surface area contributed by atoms with Gasteiger partial charge in [-0.25, -0.2) is 0 Å². The van der Waals surface area contributed by atoms with Crippen LogP contribution in [0.4, 0.5) is 0 Å². The number of ether oxygens (including phenoxy) is 1. The van der Waals surface area contributed by atoms with E-state index in [1.54, 1.807) is 0 Å². The summed E-state index contributed by atoms with van der Waals surface area (Å²) in [6, 6.07) is 6.37. The maximum absolute atomic E-state index is 5.84. The monoisotopic (exact) mass is 263 g/mol. The smallest absolute Gasteiger partial charge is 0.122 e. The lowest BCUT2D eigenvalue weighted by atomic mass is 10.1.